The van der Waals surface area contributed by atoms with E-state index in [4.69, 9.17) is 9.72 Å². The fourth-order valence-corrected chi connectivity index (χ4v) is 4.28. The molecule has 0 saturated carbocycles. The Balaban J connectivity index is 1.60. The summed E-state index contributed by atoms with van der Waals surface area (Å²) in [6.45, 7) is 3.22. The molecular formula is C22H23FN4O2. The zero-order valence-corrected chi connectivity index (χ0v) is 16.5. The van der Waals surface area contributed by atoms with Crippen LogP contribution in [0.25, 0.3) is 11.0 Å². The molecule has 1 atom stereocenters. The number of nitrogens with zero attached hydrogens (tertiary/aromatic N) is 3. The molecule has 0 spiro atoms. The van der Waals surface area contributed by atoms with Crippen molar-refractivity contribution in [1.29, 1.82) is 0 Å². The van der Waals surface area contributed by atoms with Crippen LogP contribution in [-0.2, 0) is 11.8 Å². The van der Waals surface area contributed by atoms with Crippen LogP contribution in [0.4, 0.5) is 15.8 Å². The van der Waals surface area contributed by atoms with Gasteiger partial charge < -0.3 is 19.5 Å². The molecule has 150 valence electrons. The van der Waals surface area contributed by atoms with Gasteiger partial charge in [-0.2, -0.15) is 0 Å². The van der Waals surface area contributed by atoms with E-state index in [2.05, 4.69) is 5.32 Å². The van der Waals surface area contributed by atoms with Gasteiger partial charge in [0.05, 0.1) is 23.9 Å². The van der Waals surface area contributed by atoms with Gasteiger partial charge >= 0.3 is 0 Å². The Bertz CT molecular complexity index is 1120. The van der Waals surface area contributed by atoms with Crippen molar-refractivity contribution in [2.45, 2.75) is 32.2 Å². The maximum atomic E-state index is 13.6. The van der Waals surface area contributed by atoms with Crippen LogP contribution >= 0.6 is 0 Å². The summed E-state index contributed by atoms with van der Waals surface area (Å²) in [5.41, 5.74) is 4.55. The van der Waals surface area contributed by atoms with Gasteiger partial charge in [-0.15, -0.1) is 0 Å². The Hall–Kier alpha value is -3.09. The van der Waals surface area contributed by atoms with Crippen molar-refractivity contribution in [2.24, 2.45) is 7.05 Å². The van der Waals surface area contributed by atoms with Gasteiger partial charge in [0.25, 0.3) is 0 Å². The molecule has 7 heteroatoms. The Morgan fingerprint density at radius 3 is 2.93 bits per heavy atom. The normalized spacial score (nSPS) is 18.8. The summed E-state index contributed by atoms with van der Waals surface area (Å²) in [6.07, 6.45) is 2.23. The number of aryl methyl sites for hydroxylation is 2. The molecule has 1 fully saturated rings. The van der Waals surface area contributed by atoms with Crippen LogP contribution < -0.4 is 15.0 Å². The second kappa shape index (κ2) is 6.76. The van der Waals surface area contributed by atoms with E-state index in [0.29, 0.717) is 18.8 Å². The van der Waals surface area contributed by atoms with Crippen LogP contribution in [0, 0.1) is 12.7 Å². The Kier molecular flexibility index (Phi) is 4.19. The number of amides is 1. The van der Waals surface area contributed by atoms with Crippen LogP contribution in [0.2, 0.25) is 0 Å². The SMILES string of the molecule is Cc1nc2c(NC3CCOc4cc(F)ccc43)cc(N3CCCC3=O)cc2n1C. The van der Waals surface area contributed by atoms with Crippen molar-refractivity contribution < 1.29 is 13.9 Å². The fraction of sp³-hybridized carbons (Fsp3) is 0.364. The summed E-state index contributed by atoms with van der Waals surface area (Å²) in [4.78, 5) is 18.9. The lowest BCUT2D eigenvalue weighted by Gasteiger charge is -2.28. The molecule has 0 aliphatic carbocycles. The average molecular weight is 394 g/mol. The summed E-state index contributed by atoms with van der Waals surface area (Å²) in [5.74, 6) is 1.33. The number of rotatable bonds is 3. The molecule has 2 aliphatic rings. The molecule has 1 N–H and O–H groups in total. The highest BCUT2D eigenvalue weighted by molar-refractivity contribution is 6.00. The Morgan fingerprint density at radius 2 is 2.14 bits per heavy atom. The number of benzene rings is 2. The molecule has 0 radical (unpaired) electrons. The summed E-state index contributed by atoms with van der Waals surface area (Å²) in [7, 11) is 1.98. The first-order valence-corrected chi connectivity index (χ1v) is 9.97. The third-order valence-electron chi connectivity index (χ3n) is 5.92. The largest absolute Gasteiger partial charge is 0.493 e. The molecule has 29 heavy (non-hydrogen) atoms. The second-order valence-corrected chi connectivity index (χ2v) is 7.74. The summed E-state index contributed by atoms with van der Waals surface area (Å²) < 4.78 is 21.3. The standard InChI is InChI=1S/C22H23FN4O2/c1-13-24-22-18(25-17-7-9-29-20-10-14(23)5-6-16(17)20)11-15(12-19(22)26(13)2)27-8-3-4-21(27)28/h5-6,10-12,17,25H,3-4,7-9H2,1-2H3. The highest BCUT2D eigenvalue weighted by Gasteiger charge is 2.26. The number of hydrogen-bond acceptors (Lipinski definition) is 4. The Labute approximate surface area is 168 Å². The minimum Gasteiger partial charge on any atom is -0.493 e. The van der Waals surface area contributed by atoms with E-state index >= 15 is 0 Å². The third kappa shape index (κ3) is 3.01. The van der Waals surface area contributed by atoms with E-state index in [1.54, 1.807) is 6.07 Å². The van der Waals surface area contributed by atoms with Gasteiger partial charge in [0.15, 0.2) is 0 Å². The predicted molar refractivity (Wildman–Crippen MR) is 110 cm³/mol. The number of ether oxygens (including phenoxy) is 1. The number of imidazole rings is 1. The average Bonchev–Trinajstić information content (AvgIpc) is 3.25. The number of anilines is 2. The number of halogens is 1. The van der Waals surface area contributed by atoms with E-state index in [9.17, 15) is 9.18 Å². The number of carbonyl (C=O) groups is 1. The zero-order valence-electron chi connectivity index (χ0n) is 16.5. The van der Waals surface area contributed by atoms with Crippen LogP contribution in [0.1, 0.15) is 36.7 Å². The number of carbonyl (C=O) groups excluding carboxylic acids is 1. The van der Waals surface area contributed by atoms with Crippen LogP contribution in [0.5, 0.6) is 5.75 Å². The molecule has 1 saturated heterocycles. The van der Waals surface area contributed by atoms with Gasteiger partial charge in [-0.1, -0.05) is 6.07 Å². The molecule has 1 unspecified atom stereocenters. The number of fused-ring (bicyclic) bond motifs is 2. The molecule has 3 heterocycles. The second-order valence-electron chi connectivity index (χ2n) is 7.74. The lowest BCUT2D eigenvalue weighted by atomic mass is 10.00. The van der Waals surface area contributed by atoms with Crippen molar-refractivity contribution in [3.8, 4) is 5.75 Å². The van der Waals surface area contributed by atoms with Gasteiger partial charge in [0.1, 0.15) is 22.9 Å². The zero-order chi connectivity index (χ0) is 20.1. The minimum absolute atomic E-state index is 0.0191. The maximum Gasteiger partial charge on any atom is 0.227 e. The van der Waals surface area contributed by atoms with Crippen molar-refractivity contribution in [3.63, 3.8) is 0 Å². The summed E-state index contributed by atoms with van der Waals surface area (Å²) >= 11 is 0. The summed E-state index contributed by atoms with van der Waals surface area (Å²) in [6, 6.07) is 8.70. The van der Waals surface area contributed by atoms with E-state index < -0.39 is 0 Å². The summed E-state index contributed by atoms with van der Waals surface area (Å²) in [5, 5.41) is 3.60. The highest BCUT2D eigenvalue weighted by Crippen LogP contribution is 2.38. The van der Waals surface area contributed by atoms with Gasteiger partial charge in [0, 0.05) is 43.8 Å². The third-order valence-corrected chi connectivity index (χ3v) is 5.92. The monoisotopic (exact) mass is 394 g/mol. The van der Waals surface area contributed by atoms with Crippen molar-refractivity contribution in [2.75, 3.05) is 23.4 Å². The molecule has 3 aromatic rings. The predicted octanol–water partition coefficient (Wildman–Crippen LogP) is 4.08. The minimum atomic E-state index is -0.304. The number of hydrogen-bond donors (Lipinski definition) is 1. The van der Waals surface area contributed by atoms with E-state index in [1.165, 1.54) is 12.1 Å². The first-order valence-electron chi connectivity index (χ1n) is 9.97. The molecule has 2 aliphatic heterocycles. The molecule has 6 nitrogen and oxygen atoms in total. The topological polar surface area (TPSA) is 59.4 Å². The molecule has 0 bridgehead atoms. The first-order chi connectivity index (χ1) is 14.0. The van der Waals surface area contributed by atoms with Crippen molar-refractivity contribution >= 4 is 28.3 Å². The van der Waals surface area contributed by atoms with Gasteiger partial charge in [-0.05, 0) is 31.5 Å². The lowest BCUT2D eigenvalue weighted by Crippen LogP contribution is -2.24. The fourth-order valence-electron chi connectivity index (χ4n) is 4.28. The molecule has 1 aromatic heterocycles. The van der Waals surface area contributed by atoms with E-state index in [1.807, 2.05) is 35.6 Å². The van der Waals surface area contributed by atoms with Crippen LogP contribution in [-0.4, -0.2) is 28.6 Å². The molecular weight excluding hydrogens is 371 g/mol. The van der Waals surface area contributed by atoms with Gasteiger partial charge in [0.2, 0.25) is 5.91 Å². The Morgan fingerprint density at radius 1 is 1.28 bits per heavy atom. The molecule has 2 aromatic carbocycles. The number of nitrogens with one attached hydrogen (secondary N) is 1. The smallest absolute Gasteiger partial charge is 0.227 e. The van der Waals surface area contributed by atoms with Crippen molar-refractivity contribution in [1.82, 2.24) is 9.55 Å². The molecule has 5 rings (SSSR count). The van der Waals surface area contributed by atoms with Gasteiger partial charge in [-0.25, -0.2) is 9.37 Å². The quantitative estimate of drug-likeness (QED) is 0.727. The van der Waals surface area contributed by atoms with E-state index in [0.717, 1.165) is 53.2 Å². The molecule has 1 amide bonds. The lowest BCUT2D eigenvalue weighted by molar-refractivity contribution is -0.117. The van der Waals surface area contributed by atoms with E-state index in [-0.39, 0.29) is 17.8 Å². The van der Waals surface area contributed by atoms with Crippen molar-refractivity contribution in [3.05, 3.63) is 47.5 Å². The first kappa shape index (κ1) is 18.0. The number of aromatic nitrogens is 2. The van der Waals surface area contributed by atoms with Crippen LogP contribution in [0.3, 0.4) is 0 Å². The highest BCUT2D eigenvalue weighted by atomic mass is 19.1. The van der Waals surface area contributed by atoms with Crippen LogP contribution in [0.15, 0.2) is 30.3 Å². The maximum absolute atomic E-state index is 13.6. The van der Waals surface area contributed by atoms with Gasteiger partial charge in [-0.3, -0.25) is 4.79 Å².